The van der Waals surface area contributed by atoms with Crippen LogP contribution >= 0.6 is 0 Å². The summed E-state index contributed by atoms with van der Waals surface area (Å²) in [7, 11) is 0. The number of nitrogens with two attached hydrogens (primary N) is 1. The molecule has 5 nitrogen and oxygen atoms in total. The van der Waals surface area contributed by atoms with Crippen LogP contribution in [0.1, 0.15) is 44.4 Å². The van der Waals surface area contributed by atoms with Crippen LogP contribution in [0.5, 0.6) is 0 Å². The van der Waals surface area contributed by atoms with E-state index in [-0.39, 0.29) is 5.91 Å². The van der Waals surface area contributed by atoms with E-state index in [4.69, 9.17) is 5.73 Å². The molecule has 2 rings (SSSR count). The lowest BCUT2D eigenvalue weighted by Gasteiger charge is -2.22. The van der Waals surface area contributed by atoms with E-state index in [1.165, 1.54) is 24.8 Å². The average Bonchev–Trinajstić information content (AvgIpc) is 2.61. The minimum Gasteiger partial charge on any atom is -0.369 e. The van der Waals surface area contributed by atoms with E-state index in [9.17, 15) is 4.79 Å². The molecule has 19 heavy (non-hydrogen) atoms. The Morgan fingerprint density at radius 3 is 2.79 bits per heavy atom. The molecule has 0 aliphatic heterocycles. The second-order valence-corrected chi connectivity index (χ2v) is 5.81. The Morgan fingerprint density at radius 1 is 1.32 bits per heavy atom. The fourth-order valence-electron chi connectivity index (χ4n) is 2.24. The first kappa shape index (κ1) is 13.8. The van der Waals surface area contributed by atoms with Gasteiger partial charge in [0.1, 0.15) is 12.1 Å². The lowest BCUT2D eigenvalue weighted by atomic mass is 9.92. The normalized spacial score (nSPS) is 15.5. The van der Waals surface area contributed by atoms with Crippen LogP contribution in [-0.2, 0) is 17.6 Å². The van der Waals surface area contributed by atoms with E-state index < -0.39 is 5.41 Å². The maximum absolute atomic E-state index is 11.3. The Bertz CT molecular complexity index is 471. The fraction of sp³-hybridized carbons (Fsp3) is 0.643. The van der Waals surface area contributed by atoms with Gasteiger partial charge in [0.15, 0.2) is 0 Å². The molecule has 0 fully saturated rings. The summed E-state index contributed by atoms with van der Waals surface area (Å²) < 4.78 is 0. The van der Waals surface area contributed by atoms with Crippen LogP contribution in [0.25, 0.3) is 0 Å². The number of amides is 1. The van der Waals surface area contributed by atoms with Crippen LogP contribution in [0.15, 0.2) is 6.33 Å². The van der Waals surface area contributed by atoms with Crippen molar-refractivity contribution in [1.29, 1.82) is 0 Å². The third kappa shape index (κ3) is 3.22. The number of fused-ring (bicyclic) bond motifs is 1. The number of hydrogen-bond donors (Lipinski definition) is 2. The highest BCUT2D eigenvalue weighted by atomic mass is 16.1. The first-order chi connectivity index (χ1) is 9.00. The number of primary amides is 1. The Kier molecular flexibility index (Phi) is 4.02. The van der Waals surface area contributed by atoms with Gasteiger partial charge in [-0.15, -0.1) is 0 Å². The molecular formula is C14H22N4O. The number of carbonyl (C=O) groups excluding carboxylic acids is 1. The number of carbonyl (C=O) groups is 1. The summed E-state index contributed by atoms with van der Waals surface area (Å²) in [5.41, 5.74) is 7.16. The van der Waals surface area contributed by atoms with Crippen LogP contribution in [-0.4, -0.2) is 22.4 Å². The zero-order valence-electron chi connectivity index (χ0n) is 11.7. The van der Waals surface area contributed by atoms with Crippen LogP contribution in [0.3, 0.4) is 0 Å². The van der Waals surface area contributed by atoms with Crippen molar-refractivity contribution in [3.05, 3.63) is 17.6 Å². The van der Waals surface area contributed by atoms with E-state index in [1.807, 2.05) is 13.8 Å². The number of aryl methyl sites for hydroxylation is 1. The summed E-state index contributed by atoms with van der Waals surface area (Å²) in [6.07, 6.45) is 7.23. The number of nitrogens with zero attached hydrogens (tertiary/aromatic N) is 2. The second kappa shape index (κ2) is 5.55. The molecule has 1 aliphatic carbocycles. The van der Waals surface area contributed by atoms with Gasteiger partial charge in [-0.3, -0.25) is 4.79 Å². The number of hydrogen-bond acceptors (Lipinski definition) is 4. The molecule has 1 heterocycles. The van der Waals surface area contributed by atoms with Gasteiger partial charge in [0.05, 0.1) is 5.41 Å². The van der Waals surface area contributed by atoms with E-state index >= 15 is 0 Å². The molecule has 1 aromatic rings. The van der Waals surface area contributed by atoms with Gasteiger partial charge in [-0.05, 0) is 39.5 Å². The highest BCUT2D eigenvalue weighted by Gasteiger charge is 2.25. The molecule has 0 atom stereocenters. The quantitative estimate of drug-likeness (QED) is 0.809. The molecule has 0 bridgehead atoms. The second-order valence-electron chi connectivity index (χ2n) is 5.81. The van der Waals surface area contributed by atoms with Gasteiger partial charge in [-0.1, -0.05) is 6.42 Å². The summed E-state index contributed by atoms with van der Waals surface area (Å²) in [6, 6.07) is 0. The van der Waals surface area contributed by atoms with E-state index in [0.29, 0.717) is 6.54 Å². The highest BCUT2D eigenvalue weighted by molar-refractivity contribution is 5.80. The molecule has 1 aromatic heterocycles. The molecule has 0 aromatic carbocycles. The monoisotopic (exact) mass is 262 g/mol. The van der Waals surface area contributed by atoms with Crippen molar-refractivity contribution >= 4 is 11.7 Å². The molecule has 0 saturated carbocycles. The van der Waals surface area contributed by atoms with Gasteiger partial charge >= 0.3 is 0 Å². The third-order valence-electron chi connectivity index (χ3n) is 3.74. The van der Waals surface area contributed by atoms with E-state index in [0.717, 1.165) is 24.4 Å². The Hall–Kier alpha value is -1.65. The van der Waals surface area contributed by atoms with Crippen molar-refractivity contribution < 1.29 is 4.79 Å². The molecule has 0 unspecified atom stereocenters. The first-order valence-corrected chi connectivity index (χ1v) is 6.87. The van der Waals surface area contributed by atoms with Gasteiger partial charge in [0.2, 0.25) is 5.91 Å². The van der Waals surface area contributed by atoms with Crippen LogP contribution in [0.2, 0.25) is 0 Å². The largest absolute Gasteiger partial charge is 0.369 e. The molecule has 0 spiro atoms. The number of aromatic nitrogens is 2. The van der Waals surface area contributed by atoms with Crippen molar-refractivity contribution in [1.82, 2.24) is 9.97 Å². The molecule has 104 valence electrons. The van der Waals surface area contributed by atoms with Gasteiger partial charge < -0.3 is 11.1 Å². The predicted molar refractivity (Wildman–Crippen MR) is 74.8 cm³/mol. The number of anilines is 1. The SMILES string of the molecule is CC(C)(CNc1ncnc2c1CCCCC2)C(N)=O. The van der Waals surface area contributed by atoms with Crippen LogP contribution < -0.4 is 11.1 Å². The minimum absolute atomic E-state index is 0.305. The minimum atomic E-state index is -0.581. The third-order valence-corrected chi connectivity index (χ3v) is 3.74. The van der Waals surface area contributed by atoms with Crippen molar-refractivity contribution in [2.75, 3.05) is 11.9 Å². The van der Waals surface area contributed by atoms with Gasteiger partial charge in [-0.25, -0.2) is 9.97 Å². The van der Waals surface area contributed by atoms with E-state index in [1.54, 1.807) is 6.33 Å². The summed E-state index contributed by atoms with van der Waals surface area (Å²) in [6.45, 7) is 4.16. The average molecular weight is 262 g/mol. The van der Waals surface area contributed by atoms with Crippen LogP contribution in [0, 0.1) is 5.41 Å². The van der Waals surface area contributed by atoms with Crippen LogP contribution in [0.4, 0.5) is 5.82 Å². The molecule has 1 aliphatic rings. The highest BCUT2D eigenvalue weighted by Crippen LogP contribution is 2.25. The molecule has 0 saturated heterocycles. The topological polar surface area (TPSA) is 80.9 Å². The fourth-order valence-corrected chi connectivity index (χ4v) is 2.24. The lowest BCUT2D eigenvalue weighted by molar-refractivity contribution is -0.125. The number of nitrogens with one attached hydrogen (secondary N) is 1. The maximum atomic E-state index is 11.3. The van der Waals surface area contributed by atoms with Gasteiger partial charge in [-0.2, -0.15) is 0 Å². The standard InChI is InChI=1S/C14H22N4O/c1-14(2,13(15)19)8-16-12-10-6-4-3-5-7-11(10)17-9-18-12/h9H,3-8H2,1-2H3,(H2,15,19)(H,16,17,18). The smallest absolute Gasteiger partial charge is 0.224 e. The Balaban J connectivity index is 2.15. The molecule has 5 heteroatoms. The zero-order valence-corrected chi connectivity index (χ0v) is 11.7. The van der Waals surface area contributed by atoms with Crippen molar-refractivity contribution in [3.63, 3.8) is 0 Å². The Morgan fingerprint density at radius 2 is 2.05 bits per heavy atom. The van der Waals surface area contributed by atoms with Crippen molar-refractivity contribution in [3.8, 4) is 0 Å². The zero-order chi connectivity index (χ0) is 13.9. The Labute approximate surface area is 114 Å². The maximum Gasteiger partial charge on any atom is 0.224 e. The molecule has 0 radical (unpaired) electrons. The summed E-state index contributed by atoms with van der Waals surface area (Å²) >= 11 is 0. The molecular weight excluding hydrogens is 240 g/mol. The lowest BCUT2D eigenvalue weighted by Crippen LogP contribution is -2.37. The van der Waals surface area contributed by atoms with Crippen molar-refractivity contribution in [2.45, 2.75) is 46.0 Å². The van der Waals surface area contributed by atoms with Gasteiger partial charge in [0.25, 0.3) is 0 Å². The first-order valence-electron chi connectivity index (χ1n) is 6.87. The summed E-state index contributed by atoms with van der Waals surface area (Å²) in [4.78, 5) is 20.0. The predicted octanol–water partition coefficient (Wildman–Crippen LogP) is 1.67. The van der Waals surface area contributed by atoms with Gasteiger partial charge in [0, 0.05) is 17.8 Å². The molecule has 1 amide bonds. The summed E-state index contributed by atoms with van der Waals surface area (Å²) in [5, 5.41) is 3.27. The summed E-state index contributed by atoms with van der Waals surface area (Å²) in [5.74, 6) is 0.557. The number of rotatable bonds is 4. The van der Waals surface area contributed by atoms with E-state index in [2.05, 4.69) is 15.3 Å². The van der Waals surface area contributed by atoms with Crippen molar-refractivity contribution in [2.24, 2.45) is 11.1 Å². The molecule has 3 N–H and O–H groups in total.